The van der Waals surface area contributed by atoms with Gasteiger partial charge in [-0.05, 0) is 28.3 Å². The molecule has 26 heavy (non-hydrogen) atoms. The molecule has 0 N–H and O–H groups in total. The first-order valence-electron chi connectivity index (χ1n) is 8.26. The van der Waals surface area contributed by atoms with Gasteiger partial charge in [0.2, 0.25) is 0 Å². The molecule has 0 atom stereocenters. The number of hydrogen-bond acceptors (Lipinski definition) is 6. The topological polar surface area (TPSA) is 69.4 Å². The third-order valence-corrected chi connectivity index (χ3v) is 4.54. The zero-order valence-electron chi connectivity index (χ0n) is 14.1. The van der Waals surface area contributed by atoms with Crippen molar-refractivity contribution < 1.29 is 0 Å². The van der Waals surface area contributed by atoms with Gasteiger partial charge in [-0.15, -0.1) is 5.10 Å². The molecule has 0 aliphatic carbocycles. The highest BCUT2D eigenvalue weighted by molar-refractivity contribution is 7.99. The van der Waals surface area contributed by atoms with Crippen LogP contribution in [0, 0.1) is 0 Å². The fourth-order valence-electron chi connectivity index (χ4n) is 2.64. The quantitative estimate of drug-likeness (QED) is 0.397. The fraction of sp³-hybridized carbons (Fsp3) is 0.105. The maximum absolute atomic E-state index is 4.77. The normalized spacial score (nSPS) is 10.8. The molecule has 7 heteroatoms. The van der Waals surface area contributed by atoms with Crippen LogP contribution in [0.5, 0.6) is 0 Å². The first kappa shape index (κ1) is 16.4. The Balaban J connectivity index is 1.89. The van der Waals surface area contributed by atoms with E-state index >= 15 is 0 Å². The molecule has 6 nitrogen and oxygen atoms in total. The first-order valence-corrected chi connectivity index (χ1v) is 9.25. The van der Waals surface area contributed by atoms with Gasteiger partial charge in [0.25, 0.3) is 0 Å². The summed E-state index contributed by atoms with van der Waals surface area (Å²) in [4.78, 5) is 9.25. The molecular formula is C19H16N6S. The van der Waals surface area contributed by atoms with E-state index in [2.05, 4.69) is 27.4 Å². The molecule has 4 rings (SSSR count). The number of thioether (sulfide) groups is 1. The van der Waals surface area contributed by atoms with Crippen LogP contribution in [0.1, 0.15) is 6.92 Å². The van der Waals surface area contributed by atoms with Crippen LogP contribution in [0.2, 0.25) is 0 Å². The summed E-state index contributed by atoms with van der Waals surface area (Å²) in [6.45, 7) is 2.08. The third kappa shape index (κ3) is 3.21. The fourth-order valence-corrected chi connectivity index (χ4v) is 3.18. The standard InChI is InChI=1S/C19H16N6S/c1-2-26-19-20-13-16(17(21-19)14-9-5-3-6-10-14)18-22-23-24-25(18)15-11-7-4-8-12-15/h3-13H,2H2,1H3. The SMILES string of the molecule is CCSc1ncc(-c2nnnn2-c2ccccc2)c(-c2ccccc2)n1. The predicted molar refractivity (Wildman–Crippen MR) is 102 cm³/mol. The van der Waals surface area contributed by atoms with Gasteiger partial charge in [-0.3, -0.25) is 0 Å². The molecule has 0 spiro atoms. The maximum Gasteiger partial charge on any atom is 0.190 e. The molecule has 0 saturated heterocycles. The van der Waals surface area contributed by atoms with E-state index < -0.39 is 0 Å². The second-order valence-corrected chi connectivity index (χ2v) is 6.69. The minimum Gasteiger partial charge on any atom is -0.230 e. The molecule has 0 fully saturated rings. The van der Waals surface area contributed by atoms with Gasteiger partial charge in [-0.25, -0.2) is 9.97 Å². The molecule has 0 aliphatic heterocycles. The Labute approximate surface area is 155 Å². The van der Waals surface area contributed by atoms with Crippen LogP contribution in [0.3, 0.4) is 0 Å². The third-order valence-electron chi connectivity index (χ3n) is 3.80. The summed E-state index contributed by atoms with van der Waals surface area (Å²) < 4.78 is 1.71. The lowest BCUT2D eigenvalue weighted by molar-refractivity contribution is 0.791. The van der Waals surface area contributed by atoms with Crippen LogP contribution in [0.15, 0.2) is 72.0 Å². The lowest BCUT2D eigenvalue weighted by atomic mass is 10.1. The summed E-state index contributed by atoms with van der Waals surface area (Å²) in [7, 11) is 0. The largest absolute Gasteiger partial charge is 0.230 e. The zero-order valence-corrected chi connectivity index (χ0v) is 15.0. The van der Waals surface area contributed by atoms with E-state index in [0.717, 1.165) is 33.4 Å². The second-order valence-electron chi connectivity index (χ2n) is 5.46. The molecule has 2 aromatic carbocycles. The summed E-state index contributed by atoms with van der Waals surface area (Å²) in [5.41, 5.74) is 3.51. The Morgan fingerprint density at radius 1 is 0.962 bits per heavy atom. The van der Waals surface area contributed by atoms with Gasteiger partial charge in [0.05, 0.1) is 16.9 Å². The van der Waals surface area contributed by atoms with Crippen molar-refractivity contribution in [3.05, 3.63) is 66.9 Å². The van der Waals surface area contributed by atoms with E-state index in [1.165, 1.54) is 0 Å². The van der Waals surface area contributed by atoms with Gasteiger partial charge < -0.3 is 0 Å². The van der Waals surface area contributed by atoms with Crippen LogP contribution in [-0.4, -0.2) is 35.9 Å². The van der Waals surface area contributed by atoms with Gasteiger partial charge in [0.1, 0.15) is 0 Å². The van der Waals surface area contributed by atoms with Crippen molar-refractivity contribution in [3.63, 3.8) is 0 Å². The lowest BCUT2D eigenvalue weighted by Crippen LogP contribution is -2.02. The minimum atomic E-state index is 0.614. The highest BCUT2D eigenvalue weighted by atomic mass is 32.2. The van der Waals surface area contributed by atoms with Crippen molar-refractivity contribution in [1.29, 1.82) is 0 Å². The van der Waals surface area contributed by atoms with Gasteiger partial charge in [0.15, 0.2) is 11.0 Å². The van der Waals surface area contributed by atoms with Crippen LogP contribution < -0.4 is 0 Å². The summed E-state index contributed by atoms with van der Waals surface area (Å²) in [6, 6.07) is 19.8. The Hall–Kier alpha value is -3.06. The molecule has 0 amide bonds. The van der Waals surface area contributed by atoms with Crippen LogP contribution in [0.4, 0.5) is 0 Å². The molecule has 0 bridgehead atoms. The zero-order chi connectivity index (χ0) is 17.8. The molecule has 4 aromatic rings. The number of hydrogen-bond donors (Lipinski definition) is 0. The number of tetrazole rings is 1. The molecule has 0 aliphatic rings. The molecular weight excluding hydrogens is 344 g/mol. The van der Waals surface area contributed by atoms with E-state index in [-0.39, 0.29) is 0 Å². The number of aromatic nitrogens is 6. The van der Waals surface area contributed by atoms with Crippen LogP contribution >= 0.6 is 11.8 Å². The summed E-state index contributed by atoms with van der Waals surface area (Å²) >= 11 is 1.61. The van der Waals surface area contributed by atoms with Crippen LogP contribution in [0.25, 0.3) is 28.3 Å². The monoisotopic (exact) mass is 360 g/mol. The minimum absolute atomic E-state index is 0.614. The van der Waals surface area contributed by atoms with E-state index in [4.69, 9.17) is 4.98 Å². The summed E-state index contributed by atoms with van der Waals surface area (Å²) in [6.07, 6.45) is 1.80. The average Bonchev–Trinajstić information content (AvgIpc) is 3.19. The van der Waals surface area contributed by atoms with E-state index in [1.54, 1.807) is 22.6 Å². The van der Waals surface area contributed by atoms with Crippen molar-refractivity contribution in [2.24, 2.45) is 0 Å². The van der Waals surface area contributed by atoms with Crippen molar-refractivity contribution >= 4 is 11.8 Å². The number of rotatable bonds is 5. The maximum atomic E-state index is 4.77. The lowest BCUT2D eigenvalue weighted by Gasteiger charge is -2.10. The van der Waals surface area contributed by atoms with E-state index in [9.17, 15) is 0 Å². The van der Waals surface area contributed by atoms with Crippen molar-refractivity contribution in [2.45, 2.75) is 12.1 Å². The molecule has 0 saturated carbocycles. The Bertz CT molecular complexity index is 1000. The Morgan fingerprint density at radius 2 is 1.69 bits per heavy atom. The van der Waals surface area contributed by atoms with E-state index in [1.807, 2.05) is 60.7 Å². The molecule has 0 radical (unpaired) electrons. The predicted octanol–water partition coefficient (Wildman–Crippen LogP) is 3.90. The van der Waals surface area contributed by atoms with Crippen molar-refractivity contribution in [3.8, 4) is 28.3 Å². The summed E-state index contributed by atoms with van der Waals surface area (Å²) in [5, 5.41) is 13.0. The van der Waals surface area contributed by atoms with Gasteiger partial charge in [-0.2, -0.15) is 4.68 Å². The first-order chi connectivity index (χ1) is 12.9. The van der Waals surface area contributed by atoms with Gasteiger partial charge in [-0.1, -0.05) is 67.2 Å². The second kappa shape index (κ2) is 7.45. The number of benzene rings is 2. The average molecular weight is 360 g/mol. The highest BCUT2D eigenvalue weighted by Crippen LogP contribution is 2.31. The van der Waals surface area contributed by atoms with Gasteiger partial charge >= 0.3 is 0 Å². The van der Waals surface area contributed by atoms with E-state index in [0.29, 0.717) is 5.82 Å². The smallest absolute Gasteiger partial charge is 0.190 e. The Kier molecular flexibility index (Phi) is 4.70. The molecule has 2 heterocycles. The van der Waals surface area contributed by atoms with Crippen molar-refractivity contribution in [1.82, 2.24) is 30.2 Å². The van der Waals surface area contributed by atoms with Crippen molar-refractivity contribution in [2.75, 3.05) is 5.75 Å². The number of para-hydroxylation sites is 1. The summed E-state index contributed by atoms with van der Waals surface area (Å²) in [5.74, 6) is 1.53. The highest BCUT2D eigenvalue weighted by Gasteiger charge is 2.18. The van der Waals surface area contributed by atoms with Crippen LogP contribution in [-0.2, 0) is 0 Å². The molecule has 128 valence electrons. The Morgan fingerprint density at radius 3 is 2.42 bits per heavy atom. The molecule has 0 unspecified atom stereocenters. The number of nitrogens with zero attached hydrogens (tertiary/aromatic N) is 6. The van der Waals surface area contributed by atoms with Gasteiger partial charge in [0, 0.05) is 11.8 Å². The molecule has 2 aromatic heterocycles.